The Morgan fingerprint density at radius 1 is 1.50 bits per heavy atom. The summed E-state index contributed by atoms with van der Waals surface area (Å²) in [6.45, 7) is 1.63. The van der Waals surface area contributed by atoms with E-state index in [2.05, 4.69) is 0 Å². The maximum atomic E-state index is 12.1. The van der Waals surface area contributed by atoms with Crippen LogP contribution in [-0.2, 0) is 4.79 Å². The number of nitrogens with zero attached hydrogens (tertiary/aromatic N) is 2. The number of carbonyl (C=O) groups is 2. The van der Waals surface area contributed by atoms with E-state index in [0.29, 0.717) is 0 Å². The van der Waals surface area contributed by atoms with Crippen molar-refractivity contribution in [2.75, 3.05) is 7.05 Å². The second-order valence-electron chi connectivity index (χ2n) is 4.10. The Bertz CT molecular complexity index is 561. The third kappa shape index (κ3) is 3.24. The van der Waals surface area contributed by atoms with Crippen LogP contribution >= 0.6 is 11.6 Å². The zero-order valence-electron chi connectivity index (χ0n) is 10.9. The average molecular weight is 301 g/mol. The summed E-state index contributed by atoms with van der Waals surface area (Å²) in [7, 11) is 1.34. The predicted octanol–water partition coefficient (Wildman–Crippen LogP) is 2.18. The number of hydrogen-bond donors (Lipinski definition) is 1. The van der Waals surface area contributed by atoms with Gasteiger partial charge in [0.15, 0.2) is 0 Å². The van der Waals surface area contributed by atoms with E-state index in [9.17, 15) is 19.7 Å². The van der Waals surface area contributed by atoms with Crippen molar-refractivity contribution in [2.45, 2.75) is 19.4 Å². The number of amides is 1. The number of carbonyl (C=O) groups excluding carboxylic acids is 1. The lowest BCUT2D eigenvalue weighted by molar-refractivity contribution is -0.384. The van der Waals surface area contributed by atoms with Crippen LogP contribution in [0.5, 0.6) is 0 Å². The molecule has 0 aromatic heterocycles. The molecule has 0 aliphatic rings. The van der Waals surface area contributed by atoms with Crippen molar-refractivity contribution in [1.82, 2.24) is 4.90 Å². The molecule has 1 aromatic rings. The molecule has 7 nitrogen and oxygen atoms in total. The number of likely N-dealkylation sites (N-methyl/N-ethyl adjacent to an activating group) is 1. The maximum absolute atomic E-state index is 12.1. The van der Waals surface area contributed by atoms with Crippen LogP contribution in [0.15, 0.2) is 18.2 Å². The van der Waals surface area contributed by atoms with Gasteiger partial charge in [0, 0.05) is 18.7 Å². The van der Waals surface area contributed by atoms with E-state index >= 15 is 0 Å². The lowest BCUT2D eigenvalue weighted by Crippen LogP contribution is -2.41. The third-order valence-electron chi connectivity index (χ3n) is 2.85. The minimum atomic E-state index is -1.13. The van der Waals surface area contributed by atoms with Gasteiger partial charge in [-0.1, -0.05) is 18.5 Å². The highest BCUT2D eigenvalue weighted by molar-refractivity contribution is 6.32. The first kappa shape index (κ1) is 15.9. The van der Waals surface area contributed by atoms with Crippen molar-refractivity contribution < 1.29 is 19.6 Å². The summed E-state index contributed by atoms with van der Waals surface area (Å²) in [4.78, 5) is 34.2. The smallest absolute Gasteiger partial charge is 0.326 e. The van der Waals surface area contributed by atoms with E-state index in [4.69, 9.17) is 16.7 Å². The van der Waals surface area contributed by atoms with E-state index in [1.54, 1.807) is 6.92 Å². The van der Waals surface area contributed by atoms with Gasteiger partial charge in [0.2, 0.25) is 0 Å². The molecule has 1 amide bonds. The summed E-state index contributed by atoms with van der Waals surface area (Å²) in [5.74, 6) is -1.74. The average Bonchev–Trinajstić information content (AvgIpc) is 2.38. The number of aliphatic carboxylic acids is 1. The molecule has 0 radical (unpaired) electrons. The van der Waals surface area contributed by atoms with Crippen molar-refractivity contribution in [2.24, 2.45) is 0 Å². The molecule has 0 aliphatic carbocycles. The normalized spacial score (nSPS) is 11.8. The number of halogens is 1. The largest absolute Gasteiger partial charge is 0.480 e. The Balaban J connectivity index is 3.12. The maximum Gasteiger partial charge on any atom is 0.326 e. The molecule has 8 heteroatoms. The zero-order chi connectivity index (χ0) is 15.4. The van der Waals surface area contributed by atoms with Crippen molar-refractivity contribution in [3.05, 3.63) is 38.9 Å². The van der Waals surface area contributed by atoms with Crippen LogP contribution in [0.1, 0.15) is 23.7 Å². The molecular formula is C12H13ClN2O5. The number of nitro benzene ring substituents is 1. The van der Waals surface area contributed by atoms with Crippen molar-refractivity contribution in [1.29, 1.82) is 0 Å². The number of benzene rings is 1. The first-order valence-corrected chi connectivity index (χ1v) is 6.11. The van der Waals surface area contributed by atoms with Gasteiger partial charge in [0.05, 0.1) is 4.92 Å². The standard InChI is InChI=1S/C12H13ClN2O5/c1-3-9(12(17)18)14(2)11(16)7-4-5-8(13)10(6-7)15(19)20/h4-6,9H,3H2,1-2H3,(H,17,18). The lowest BCUT2D eigenvalue weighted by atomic mass is 10.1. The van der Waals surface area contributed by atoms with Crippen LogP contribution < -0.4 is 0 Å². The Hall–Kier alpha value is -2.15. The molecule has 1 N–H and O–H groups in total. The highest BCUT2D eigenvalue weighted by Gasteiger charge is 2.26. The molecule has 0 aliphatic heterocycles. The quantitative estimate of drug-likeness (QED) is 0.663. The fraction of sp³-hybridized carbons (Fsp3) is 0.333. The minimum absolute atomic E-state index is 0.0169. The monoisotopic (exact) mass is 300 g/mol. The number of nitro groups is 1. The molecule has 108 valence electrons. The van der Waals surface area contributed by atoms with E-state index < -0.39 is 28.5 Å². The molecule has 0 fully saturated rings. The highest BCUT2D eigenvalue weighted by Crippen LogP contribution is 2.25. The number of carboxylic acid groups (broad SMARTS) is 1. The highest BCUT2D eigenvalue weighted by atomic mass is 35.5. The second-order valence-corrected chi connectivity index (χ2v) is 4.51. The van der Waals surface area contributed by atoms with Gasteiger partial charge in [0.25, 0.3) is 11.6 Å². The van der Waals surface area contributed by atoms with Crippen molar-refractivity contribution >= 4 is 29.2 Å². The van der Waals surface area contributed by atoms with Crippen LogP contribution in [0, 0.1) is 10.1 Å². The molecule has 0 saturated carbocycles. The van der Waals surface area contributed by atoms with Crippen LogP contribution in [0.2, 0.25) is 5.02 Å². The van der Waals surface area contributed by atoms with Crippen LogP contribution in [-0.4, -0.2) is 39.9 Å². The lowest BCUT2D eigenvalue weighted by Gasteiger charge is -2.23. The molecule has 0 heterocycles. The summed E-state index contributed by atoms with van der Waals surface area (Å²) in [6.07, 6.45) is 0.229. The second kappa shape index (κ2) is 6.33. The summed E-state index contributed by atoms with van der Waals surface area (Å²) in [5.41, 5.74) is -0.377. The molecule has 0 spiro atoms. The number of carboxylic acids is 1. The molecule has 1 atom stereocenters. The van der Waals surface area contributed by atoms with E-state index in [0.717, 1.165) is 11.0 Å². The van der Waals surface area contributed by atoms with Gasteiger partial charge in [-0.15, -0.1) is 0 Å². The van der Waals surface area contributed by atoms with E-state index in [-0.39, 0.29) is 17.0 Å². The van der Waals surface area contributed by atoms with Gasteiger partial charge >= 0.3 is 5.97 Å². The van der Waals surface area contributed by atoms with Crippen LogP contribution in [0.4, 0.5) is 5.69 Å². The van der Waals surface area contributed by atoms with E-state index in [1.165, 1.54) is 19.2 Å². The van der Waals surface area contributed by atoms with Gasteiger partial charge in [-0.2, -0.15) is 0 Å². The minimum Gasteiger partial charge on any atom is -0.480 e. The first-order chi connectivity index (χ1) is 9.29. The zero-order valence-corrected chi connectivity index (χ0v) is 11.6. The summed E-state index contributed by atoms with van der Waals surface area (Å²) < 4.78 is 0. The third-order valence-corrected chi connectivity index (χ3v) is 3.17. The van der Waals surface area contributed by atoms with E-state index in [1.807, 2.05) is 0 Å². The van der Waals surface area contributed by atoms with Gasteiger partial charge in [-0.25, -0.2) is 4.79 Å². The number of hydrogen-bond acceptors (Lipinski definition) is 4. The summed E-state index contributed by atoms with van der Waals surface area (Å²) in [5, 5.41) is 19.7. The van der Waals surface area contributed by atoms with Gasteiger partial charge in [-0.3, -0.25) is 14.9 Å². The van der Waals surface area contributed by atoms with Crippen LogP contribution in [0.3, 0.4) is 0 Å². The summed E-state index contributed by atoms with van der Waals surface area (Å²) >= 11 is 5.66. The topological polar surface area (TPSA) is 101 Å². The van der Waals surface area contributed by atoms with Crippen molar-refractivity contribution in [3.63, 3.8) is 0 Å². The van der Waals surface area contributed by atoms with Gasteiger partial charge < -0.3 is 10.0 Å². The Morgan fingerprint density at radius 2 is 2.10 bits per heavy atom. The predicted molar refractivity (Wildman–Crippen MR) is 71.9 cm³/mol. The molecular weight excluding hydrogens is 288 g/mol. The van der Waals surface area contributed by atoms with Gasteiger partial charge in [-0.05, 0) is 18.6 Å². The fourth-order valence-electron chi connectivity index (χ4n) is 1.74. The molecule has 0 bridgehead atoms. The SMILES string of the molecule is CCC(C(=O)O)N(C)C(=O)c1ccc(Cl)c([N+](=O)[O-])c1. The Kier molecular flexibility index (Phi) is 5.04. The van der Waals surface area contributed by atoms with Gasteiger partial charge in [0.1, 0.15) is 11.1 Å². The van der Waals surface area contributed by atoms with Crippen molar-refractivity contribution in [3.8, 4) is 0 Å². The fourth-order valence-corrected chi connectivity index (χ4v) is 1.93. The van der Waals surface area contributed by atoms with Crippen LogP contribution in [0.25, 0.3) is 0 Å². The molecule has 0 saturated heterocycles. The first-order valence-electron chi connectivity index (χ1n) is 5.73. The molecule has 1 aromatic carbocycles. The number of rotatable bonds is 5. The Morgan fingerprint density at radius 3 is 2.55 bits per heavy atom. The molecule has 20 heavy (non-hydrogen) atoms. The molecule has 1 rings (SSSR count). The molecule has 1 unspecified atom stereocenters. The Labute approximate surface area is 119 Å². The summed E-state index contributed by atoms with van der Waals surface area (Å²) in [6, 6.07) is 2.61.